The minimum atomic E-state index is -1.24. The van der Waals surface area contributed by atoms with Crippen LogP contribution in [0.25, 0.3) is 0 Å². The Morgan fingerprint density at radius 2 is 1.75 bits per heavy atom. The number of benzene rings is 2. The average Bonchev–Trinajstić information content (AvgIpc) is 2.89. The van der Waals surface area contributed by atoms with Gasteiger partial charge in [0.1, 0.15) is 6.61 Å². The Bertz CT molecular complexity index is 1380. The maximum Gasteiger partial charge on any atom is 0.305 e. The third-order valence-electron chi connectivity index (χ3n) is 6.68. The highest BCUT2D eigenvalue weighted by molar-refractivity contribution is 5.89. The molecule has 1 heterocycles. The van der Waals surface area contributed by atoms with Crippen LogP contribution in [0.5, 0.6) is 5.75 Å². The molecule has 0 bridgehead atoms. The van der Waals surface area contributed by atoms with Gasteiger partial charge < -0.3 is 15.2 Å². The largest absolute Gasteiger partial charge is 0.481 e. The Morgan fingerprint density at radius 3 is 2.38 bits per heavy atom. The van der Waals surface area contributed by atoms with E-state index in [4.69, 9.17) is 4.74 Å². The lowest BCUT2D eigenvalue weighted by Crippen LogP contribution is -2.43. The van der Waals surface area contributed by atoms with Gasteiger partial charge in [0.25, 0.3) is 5.56 Å². The maximum absolute atomic E-state index is 13.9. The third kappa shape index (κ3) is 7.81. The van der Waals surface area contributed by atoms with Crippen LogP contribution in [-0.4, -0.2) is 45.8 Å². The van der Waals surface area contributed by atoms with E-state index in [1.165, 1.54) is 4.68 Å². The van der Waals surface area contributed by atoms with Gasteiger partial charge in [0, 0.05) is 24.2 Å². The number of carbonyl (C=O) groups is 2. The van der Waals surface area contributed by atoms with Crippen molar-refractivity contribution in [1.29, 1.82) is 0 Å². The van der Waals surface area contributed by atoms with Gasteiger partial charge in [-0.2, -0.15) is 5.10 Å². The molecule has 2 N–H and O–H groups in total. The molecule has 2 atom stereocenters. The van der Waals surface area contributed by atoms with Gasteiger partial charge in [0.2, 0.25) is 0 Å². The zero-order chi connectivity index (χ0) is 29.4. The highest BCUT2D eigenvalue weighted by Crippen LogP contribution is 2.26. The number of rotatable bonds is 13. The van der Waals surface area contributed by atoms with E-state index in [0.29, 0.717) is 12.0 Å². The molecule has 10 heteroatoms. The van der Waals surface area contributed by atoms with E-state index in [9.17, 15) is 28.3 Å². The molecule has 3 rings (SSSR count). The Labute approximate surface area is 232 Å². The summed E-state index contributed by atoms with van der Waals surface area (Å²) < 4.78 is 34.2. The molecule has 8 nitrogen and oxygen atoms in total. The summed E-state index contributed by atoms with van der Waals surface area (Å²) in [4.78, 5) is 37.6. The first-order valence-corrected chi connectivity index (χ1v) is 13.1. The van der Waals surface area contributed by atoms with E-state index >= 15 is 0 Å². The average molecular weight is 556 g/mol. The smallest absolute Gasteiger partial charge is 0.305 e. The van der Waals surface area contributed by atoms with Gasteiger partial charge >= 0.3 is 5.97 Å². The zero-order valence-electron chi connectivity index (χ0n) is 23.1. The molecule has 214 valence electrons. The number of hydrogen-bond acceptors (Lipinski definition) is 6. The van der Waals surface area contributed by atoms with Crippen LogP contribution in [0.15, 0.2) is 59.5 Å². The summed E-state index contributed by atoms with van der Waals surface area (Å²) in [6.07, 6.45) is 1.51. The highest BCUT2D eigenvalue weighted by atomic mass is 19.1. The van der Waals surface area contributed by atoms with Crippen LogP contribution in [-0.2, 0) is 21.5 Å². The molecule has 0 spiro atoms. The number of halogens is 2. The normalized spacial score (nSPS) is 13.1. The van der Waals surface area contributed by atoms with Crippen LogP contribution < -0.4 is 15.6 Å². The van der Waals surface area contributed by atoms with Gasteiger partial charge in [0.15, 0.2) is 23.2 Å². The quantitative estimate of drug-likeness (QED) is 0.321. The Kier molecular flexibility index (Phi) is 10.3. The molecule has 1 aromatic heterocycles. The molecule has 2 aromatic carbocycles. The Morgan fingerprint density at radius 1 is 1.07 bits per heavy atom. The summed E-state index contributed by atoms with van der Waals surface area (Å²) in [5, 5.41) is 16.5. The lowest BCUT2D eigenvalue weighted by atomic mass is 9.84. The van der Waals surface area contributed by atoms with Crippen molar-refractivity contribution in [2.75, 3.05) is 13.2 Å². The number of ketones is 1. The number of carboxylic acids is 1. The molecule has 0 aliphatic carbocycles. The lowest BCUT2D eigenvalue weighted by molar-refractivity contribution is -0.139. The molecule has 0 radical (unpaired) electrons. The van der Waals surface area contributed by atoms with Gasteiger partial charge in [0.05, 0.1) is 19.0 Å². The number of aliphatic carboxylic acids is 1. The minimum Gasteiger partial charge on any atom is -0.481 e. The van der Waals surface area contributed by atoms with Crippen molar-refractivity contribution in [2.45, 2.75) is 64.5 Å². The maximum atomic E-state index is 13.9. The second kappa shape index (κ2) is 13.4. The highest BCUT2D eigenvalue weighted by Gasteiger charge is 2.25. The zero-order valence-corrected chi connectivity index (χ0v) is 23.1. The van der Waals surface area contributed by atoms with Gasteiger partial charge in [-0.3, -0.25) is 14.4 Å². The predicted octanol–water partition coefficient (Wildman–Crippen LogP) is 4.44. The van der Waals surface area contributed by atoms with Crippen molar-refractivity contribution in [2.24, 2.45) is 0 Å². The van der Waals surface area contributed by atoms with Gasteiger partial charge in [-0.1, -0.05) is 58.0 Å². The van der Waals surface area contributed by atoms with Crippen LogP contribution in [0.4, 0.5) is 8.78 Å². The Hall–Kier alpha value is -3.92. The Balaban J connectivity index is 1.76. The van der Waals surface area contributed by atoms with Crippen LogP contribution in [0.1, 0.15) is 63.1 Å². The lowest BCUT2D eigenvalue weighted by Gasteiger charge is -2.23. The second-order valence-electron chi connectivity index (χ2n) is 10.6. The van der Waals surface area contributed by atoms with E-state index in [-0.39, 0.29) is 30.0 Å². The van der Waals surface area contributed by atoms with Crippen molar-refractivity contribution < 1.29 is 28.2 Å². The van der Waals surface area contributed by atoms with Crippen LogP contribution in [0.3, 0.4) is 0 Å². The molecule has 0 aliphatic rings. The van der Waals surface area contributed by atoms with E-state index in [2.05, 4.69) is 31.2 Å². The van der Waals surface area contributed by atoms with Crippen molar-refractivity contribution in [3.8, 4) is 5.75 Å². The summed E-state index contributed by atoms with van der Waals surface area (Å²) in [7, 11) is 0. The summed E-state index contributed by atoms with van der Waals surface area (Å²) in [6.45, 7) is 7.86. The number of nitrogens with zero attached hydrogens (tertiary/aromatic N) is 2. The molecule has 3 aromatic rings. The SMILES string of the molecule is CC[C@@H](CN[C@@H](CC(=O)O)C(=O)COc1c(F)cccc1F)c1ccnn(Cc2ccccc2C(C)(C)C)c1=O. The number of carbonyl (C=O) groups excluding carboxylic acids is 1. The standard InChI is InChI=1S/C30H35F2N3O5/c1-5-19(16-33-25(15-27(37)38)26(36)18-40-28-23(31)11-8-12-24(28)32)21-13-14-34-35(29(21)39)17-20-9-6-7-10-22(20)30(2,3)4/h6-14,19,25,33H,5,15-18H2,1-4H3,(H,37,38)/t19-,25-/m0/s1. The molecule has 0 unspecified atom stereocenters. The molecule has 0 aliphatic heterocycles. The minimum absolute atomic E-state index is 0.117. The molecule has 40 heavy (non-hydrogen) atoms. The molecule has 0 saturated carbocycles. The van der Waals surface area contributed by atoms with Gasteiger partial charge in [-0.25, -0.2) is 13.5 Å². The second-order valence-corrected chi connectivity index (χ2v) is 10.6. The van der Waals surface area contributed by atoms with Crippen LogP contribution in [0, 0.1) is 11.6 Å². The van der Waals surface area contributed by atoms with Crippen molar-refractivity contribution in [3.05, 3.63) is 93.4 Å². The first kappa shape index (κ1) is 30.6. The molecule has 0 fully saturated rings. The summed E-state index contributed by atoms with van der Waals surface area (Å²) in [5.74, 6) is -4.93. The topological polar surface area (TPSA) is 111 Å². The molecular formula is C30H35F2N3O5. The number of Topliss-reactive ketones (excluding diaryl/α,β-unsaturated/α-hetero) is 1. The van der Waals surface area contributed by atoms with Gasteiger partial charge in [-0.05, 0) is 41.2 Å². The third-order valence-corrected chi connectivity index (χ3v) is 6.68. The van der Waals surface area contributed by atoms with Crippen LogP contribution >= 0.6 is 0 Å². The van der Waals surface area contributed by atoms with Crippen molar-refractivity contribution >= 4 is 11.8 Å². The molecule has 0 amide bonds. The first-order chi connectivity index (χ1) is 18.9. The van der Waals surface area contributed by atoms with Gasteiger partial charge in [-0.15, -0.1) is 0 Å². The van der Waals surface area contributed by atoms with Crippen molar-refractivity contribution in [3.63, 3.8) is 0 Å². The summed E-state index contributed by atoms with van der Waals surface area (Å²) in [5.41, 5.74) is 2.16. The molecular weight excluding hydrogens is 520 g/mol. The van der Waals surface area contributed by atoms with Crippen LogP contribution in [0.2, 0.25) is 0 Å². The number of para-hydroxylation sites is 1. The fraction of sp³-hybridized carbons (Fsp3) is 0.400. The number of ether oxygens (including phenoxy) is 1. The fourth-order valence-corrected chi connectivity index (χ4v) is 4.54. The number of carboxylic acid groups (broad SMARTS) is 1. The van der Waals surface area contributed by atoms with E-state index in [1.54, 1.807) is 12.3 Å². The number of aromatic nitrogens is 2. The summed E-state index contributed by atoms with van der Waals surface area (Å²) >= 11 is 0. The van der Waals surface area contributed by atoms with E-state index in [1.807, 2.05) is 31.2 Å². The number of hydrogen-bond donors (Lipinski definition) is 2. The van der Waals surface area contributed by atoms with E-state index in [0.717, 1.165) is 29.3 Å². The summed E-state index contributed by atoms with van der Waals surface area (Å²) in [6, 6.07) is 11.5. The van der Waals surface area contributed by atoms with Crippen molar-refractivity contribution in [1.82, 2.24) is 15.1 Å². The first-order valence-electron chi connectivity index (χ1n) is 13.1. The molecule has 0 saturated heterocycles. The number of nitrogens with one attached hydrogen (secondary N) is 1. The van der Waals surface area contributed by atoms with E-state index < -0.39 is 48.2 Å². The monoisotopic (exact) mass is 555 g/mol. The fourth-order valence-electron chi connectivity index (χ4n) is 4.54. The predicted molar refractivity (Wildman–Crippen MR) is 147 cm³/mol.